The van der Waals surface area contributed by atoms with Gasteiger partial charge >= 0.3 is 0 Å². The van der Waals surface area contributed by atoms with Gasteiger partial charge in [-0.1, -0.05) is 6.92 Å². The summed E-state index contributed by atoms with van der Waals surface area (Å²) in [6.07, 6.45) is 2.98. The highest BCUT2D eigenvalue weighted by atomic mass is 32.2. The summed E-state index contributed by atoms with van der Waals surface area (Å²) < 4.78 is 1.85. The minimum Gasteiger partial charge on any atom is -0.394 e. The molecule has 1 aromatic rings. The quantitative estimate of drug-likeness (QED) is 0.786. The molecule has 17 heavy (non-hydrogen) atoms. The number of hydrogen-bond acceptors (Lipinski definition) is 5. The Labute approximate surface area is 112 Å². The van der Waals surface area contributed by atoms with Gasteiger partial charge in [-0.15, -0.1) is 0 Å². The van der Waals surface area contributed by atoms with E-state index >= 15 is 0 Å². The van der Waals surface area contributed by atoms with E-state index in [1.807, 2.05) is 16.4 Å². The Morgan fingerprint density at radius 1 is 1.47 bits per heavy atom. The third kappa shape index (κ3) is 4.52. The van der Waals surface area contributed by atoms with Crippen LogP contribution in [-0.4, -0.2) is 44.2 Å². The molecule has 0 aliphatic heterocycles. The third-order valence-electron chi connectivity index (χ3n) is 2.37. The van der Waals surface area contributed by atoms with E-state index in [9.17, 15) is 0 Å². The van der Waals surface area contributed by atoms with Crippen molar-refractivity contribution in [1.82, 2.24) is 14.8 Å². The fourth-order valence-corrected chi connectivity index (χ4v) is 2.80. The average Bonchev–Trinajstić information content (AvgIpc) is 2.70. The van der Waals surface area contributed by atoms with E-state index in [4.69, 9.17) is 5.11 Å². The van der Waals surface area contributed by atoms with Crippen LogP contribution in [0.3, 0.4) is 0 Å². The molecule has 1 aromatic heterocycles. The van der Waals surface area contributed by atoms with E-state index in [1.165, 1.54) is 0 Å². The second kappa shape index (κ2) is 8.00. The van der Waals surface area contributed by atoms with E-state index in [-0.39, 0.29) is 6.61 Å². The highest BCUT2D eigenvalue weighted by Crippen LogP contribution is 2.26. The molecule has 0 aliphatic rings. The summed E-state index contributed by atoms with van der Waals surface area (Å²) in [5.41, 5.74) is 0. The Morgan fingerprint density at radius 2 is 2.24 bits per heavy atom. The smallest absolute Gasteiger partial charge is 0.151 e. The molecule has 1 rings (SSSR count). The van der Waals surface area contributed by atoms with Gasteiger partial charge in [0.1, 0.15) is 5.82 Å². The SMILES string of the molecule is CCS[C@H](C)c1nc(CCSC)nn1CCO. The lowest BCUT2D eigenvalue weighted by Crippen LogP contribution is -2.10. The summed E-state index contributed by atoms with van der Waals surface area (Å²) in [4.78, 5) is 4.59. The molecule has 1 heterocycles. The number of aliphatic hydroxyl groups excluding tert-OH is 1. The molecule has 0 unspecified atom stereocenters. The predicted octanol–water partition coefficient (Wildman–Crippen LogP) is 1.99. The second-order valence-electron chi connectivity index (χ2n) is 3.67. The number of thioether (sulfide) groups is 2. The zero-order valence-corrected chi connectivity index (χ0v) is 12.4. The Balaban J connectivity index is 2.80. The van der Waals surface area contributed by atoms with E-state index in [2.05, 4.69) is 30.2 Å². The third-order valence-corrected chi connectivity index (χ3v) is 4.02. The summed E-state index contributed by atoms with van der Waals surface area (Å²) in [5, 5.41) is 13.8. The van der Waals surface area contributed by atoms with Crippen LogP contribution in [0.15, 0.2) is 0 Å². The maximum absolute atomic E-state index is 9.04. The normalized spacial score (nSPS) is 12.9. The van der Waals surface area contributed by atoms with Gasteiger partial charge in [0.2, 0.25) is 0 Å². The molecule has 0 fully saturated rings. The highest BCUT2D eigenvalue weighted by molar-refractivity contribution is 7.99. The van der Waals surface area contributed by atoms with E-state index in [0.29, 0.717) is 11.8 Å². The number of nitrogens with zero attached hydrogens (tertiary/aromatic N) is 3. The molecule has 0 aliphatic carbocycles. The minimum absolute atomic E-state index is 0.113. The molecule has 1 atom stereocenters. The van der Waals surface area contributed by atoms with Crippen LogP contribution in [0.2, 0.25) is 0 Å². The van der Waals surface area contributed by atoms with Crippen molar-refractivity contribution in [2.45, 2.75) is 32.1 Å². The summed E-state index contributed by atoms with van der Waals surface area (Å²) in [6, 6.07) is 0. The Kier molecular flexibility index (Phi) is 6.99. The van der Waals surface area contributed by atoms with Crippen molar-refractivity contribution in [2.75, 3.05) is 24.4 Å². The van der Waals surface area contributed by atoms with Crippen LogP contribution < -0.4 is 0 Å². The number of hydrogen-bond donors (Lipinski definition) is 1. The predicted molar refractivity (Wildman–Crippen MR) is 75.7 cm³/mol. The first-order chi connectivity index (χ1) is 8.22. The first-order valence-electron chi connectivity index (χ1n) is 5.87. The van der Waals surface area contributed by atoms with Crippen LogP contribution in [0.4, 0.5) is 0 Å². The monoisotopic (exact) mass is 275 g/mol. The number of rotatable bonds is 8. The molecule has 0 spiro atoms. The molecular formula is C11H21N3OS2. The summed E-state index contributed by atoms with van der Waals surface area (Å²) in [7, 11) is 0. The molecule has 0 bridgehead atoms. The second-order valence-corrected chi connectivity index (χ2v) is 6.28. The first-order valence-corrected chi connectivity index (χ1v) is 8.32. The van der Waals surface area contributed by atoms with E-state index < -0.39 is 0 Å². The summed E-state index contributed by atoms with van der Waals surface area (Å²) in [6.45, 7) is 4.94. The van der Waals surface area contributed by atoms with Crippen LogP contribution >= 0.6 is 23.5 Å². The van der Waals surface area contributed by atoms with Crippen LogP contribution in [0, 0.1) is 0 Å². The van der Waals surface area contributed by atoms with Gasteiger partial charge in [0.25, 0.3) is 0 Å². The standard InChI is InChI=1S/C11H21N3OS2/c1-4-17-9(2)11-12-10(5-8-16-3)13-14(11)6-7-15/h9,15H,4-8H2,1-3H3/t9-/m1/s1. The van der Waals surface area contributed by atoms with Crippen molar-refractivity contribution >= 4 is 23.5 Å². The lowest BCUT2D eigenvalue weighted by Gasteiger charge is -2.09. The van der Waals surface area contributed by atoms with Crippen LogP contribution in [0.1, 0.15) is 30.7 Å². The fourth-order valence-electron chi connectivity index (χ4n) is 1.59. The molecule has 4 nitrogen and oxygen atoms in total. The van der Waals surface area contributed by atoms with Gasteiger partial charge in [-0.2, -0.15) is 28.6 Å². The molecule has 0 saturated carbocycles. The van der Waals surface area contributed by atoms with Crippen molar-refractivity contribution in [1.29, 1.82) is 0 Å². The average molecular weight is 275 g/mol. The maximum atomic E-state index is 9.04. The first kappa shape index (κ1) is 14.9. The molecule has 0 saturated heterocycles. The summed E-state index contributed by atoms with van der Waals surface area (Å²) in [5.74, 6) is 3.99. The van der Waals surface area contributed by atoms with E-state index in [0.717, 1.165) is 29.6 Å². The van der Waals surface area contributed by atoms with Gasteiger partial charge in [0.05, 0.1) is 18.4 Å². The van der Waals surface area contributed by atoms with Gasteiger partial charge in [-0.05, 0) is 18.9 Å². The zero-order valence-electron chi connectivity index (χ0n) is 10.7. The van der Waals surface area contributed by atoms with Crippen LogP contribution in [0.5, 0.6) is 0 Å². The van der Waals surface area contributed by atoms with Crippen molar-refractivity contribution in [3.05, 3.63) is 11.6 Å². The molecule has 6 heteroatoms. The largest absolute Gasteiger partial charge is 0.394 e. The fraction of sp³-hybridized carbons (Fsp3) is 0.818. The Morgan fingerprint density at radius 3 is 2.82 bits per heavy atom. The Hall–Kier alpha value is -0.200. The molecule has 0 aromatic carbocycles. The molecule has 98 valence electrons. The van der Waals surface area contributed by atoms with Gasteiger partial charge in [-0.25, -0.2) is 9.67 Å². The van der Waals surface area contributed by atoms with Gasteiger partial charge < -0.3 is 5.11 Å². The van der Waals surface area contributed by atoms with Gasteiger partial charge in [0.15, 0.2) is 5.82 Å². The lowest BCUT2D eigenvalue weighted by atomic mass is 10.4. The highest BCUT2D eigenvalue weighted by Gasteiger charge is 2.15. The van der Waals surface area contributed by atoms with Crippen molar-refractivity contribution in [3.63, 3.8) is 0 Å². The Bertz CT molecular complexity index is 331. The van der Waals surface area contributed by atoms with Crippen molar-refractivity contribution in [3.8, 4) is 0 Å². The maximum Gasteiger partial charge on any atom is 0.151 e. The van der Waals surface area contributed by atoms with Gasteiger partial charge in [0, 0.05) is 12.2 Å². The topological polar surface area (TPSA) is 50.9 Å². The number of aromatic nitrogens is 3. The molecule has 0 radical (unpaired) electrons. The van der Waals surface area contributed by atoms with Crippen molar-refractivity contribution in [2.24, 2.45) is 0 Å². The molecule has 1 N–H and O–H groups in total. The van der Waals surface area contributed by atoms with Gasteiger partial charge in [-0.3, -0.25) is 0 Å². The van der Waals surface area contributed by atoms with Crippen LogP contribution in [-0.2, 0) is 13.0 Å². The van der Waals surface area contributed by atoms with Crippen LogP contribution in [0.25, 0.3) is 0 Å². The lowest BCUT2D eigenvalue weighted by molar-refractivity contribution is 0.266. The number of aryl methyl sites for hydroxylation is 1. The minimum atomic E-state index is 0.113. The van der Waals surface area contributed by atoms with E-state index in [1.54, 1.807) is 11.8 Å². The van der Waals surface area contributed by atoms with Crippen molar-refractivity contribution < 1.29 is 5.11 Å². The molecule has 0 amide bonds. The number of aliphatic hydroxyl groups is 1. The zero-order chi connectivity index (χ0) is 12.7. The molecular weight excluding hydrogens is 254 g/mol. The summed E-state index contributed by atoms with van der Waals surface area (Å²) >= 11 is 3.65.